The Morgan fingerprint density at radius 2 is 2.36 bits per heavy atom. The van der Waals surface area contributed by atoms with Gasteiger partial charge in [0.05, 0.1) is 11.7 Å². The smallest absolute Gasteiger partial charge is 0.168 e. The molecule has 0 aliphatic carbocycles. The molecule has 2 rings (SSSR count). The van der Waals surface area contributed by atoms with Crippen molar-refractivity contribution < 1.29 is 4.79 Å². The van der Waals surface area contributed by atoms with E-state index in [0.29, 0.717) is 12.0 Å². The minimum Gasteiger partial charge on any atom is -0.296 e. The van der Waals surface area contributed by atoms with Crippen LogP contribution in [-0.2, 0) is 0 Å². The van der Waals surface area contributed by atoms with Crippen LogP contribution < -0.4 is 0 Å². The predicted octanol–water partition coefficient (Wildman–Crippen LogP) is 0.770. The molecule has 0 bridgehead atoms. The molecule has 1 N–H and O–H groups in total. The fourth-order valence-electron chi connectivity index (χ4n) is 0.918. The number of aromatic nitrogens is 3. The lowest BCUT2D eigenvalue weighted by atomic mass is 10.3. The van der Waals surface area contributed by atoms with Gasteiger partial charge in [0.15, 0.2) is 6.29 Å². The highest BCUT2D eigenvalue weighted by atomic mass is 16.1. The van der Waals surface area contributed by atoms with E-state index in [9.17, 15) is 4.79 Å². The summed E-state index contributed by atoms with van der Waals surface area (Å²) in [5.74, 6) is 0. The third kappa shape index (κ3) is 0.881. The van der Waals surface area contributed by atoms with E-state index in [1.54, 1.807) is 18.5 Å². The second-order valence-corrected chi connectivity index (χ2v) is 2.18. The summed E-state index contributed by atoms with van der Waals surface area (Å²) in [6, 6.07) is 1.66. The second kappa shape index (κ2) is 2.16. The number of nitrogens with one attached hydrogen (secondary N) is 1. The molecule has 0 unspecified atom stereocenters. The molecule has 0 aromatic carbocycles. The van der Waals surface area contributed by atoms with E-state index in [2.05, 4.69) is 15.2 Å². The number of nitrogens with zero attached hydrogens (tertiary/aromatic N) is 2. The zero-order valence-electron chi connectivity index (χ0n) is 5.61. The average Bonchev–Trinajstić information content (AvgIpc) is 2.50. The van der Waals surface area contributed by atoms with Crippen molar-refractivity contribution in [3.8, 4) is 0 Å². The Kier molecular flexibility index (Phi) is 1.18. The van der Waals surface area contributed by atoms with Gasteiger partial charge in [-0.3, -0.25) is 14.9 Å². The van der Waals surface area contributed by atoms with Crippen LogP contribution in [0.5, 0.6) is 0 Å². The highest BCUT2D eigenvalue weighted by Crippen LogP contribution is 2.07. The summed E-state index contributed by atoms with van der Waals surface area (Å²) in [6.07, 6.45) is 3.99. The van der Waals surface area contributed by atoms with Gasteiger partial charge in [-0.05, 0) is 6.07 Å². The van der Waals surface area contributed by atoms with E-state index in [1.165, 1.54) is 0 Å². The summed E-state index contributed by atoms with van der Waals surface area (Å²) in [7, 11) is 0. The minimum absolute atomic E-state index is 0.418. The number of hydrogen-bond donors (Lipinski definition) is 1. The predicted molar refractivity (Wildman–Crippen MR) is 39.3 cm³/mol. The van der Waals surface area contributed by atoms with Crippen LogP contribution >= 0.6 is 0 Å². The number of aldehydes is 1. The lowest BCUT2D eigenvalue weighted by Gasteiger charge is -1.87. The first-order chi connectivity index (χ1) is 5.40. The number of aromatic amines is 1. The SMILES string of the molecule is O=Cc1cc2[nH]ncc2cn1. The van der Waals surface area contributed by atoms with Crippen molar-refractivity contribution >= 4 is 17.2 Å². The van der Waals surface area contributed by atoms with Crippen LogP contribution in [0.15, 0.2) is 18.5 Å². The summed E-state index contributed by atoms with van der Waals surface area (Å²) in [5.41, 5.74) is 1.25. The molecule has 54 valence electrons. The van der Waals surface area contributed by atoms with Gasteiger partial charge in [-0.2, -0.15) is 5.10 Å². The first-order valence-corrected chi connectivity index (χ1v) is 3.14. The minimum atomic E-state index is 0.418. The Bertz CT molecular complexity index is 393. The largest absolute Gasteiger partial charge is 0.296 e. The summed E-state index contributed by atoms with van der Waals surface area (Å²) in [6.45, 7) is 0. The third-order valence-electron chi connectivity index (χ3n) is 1.47. The molecule has 2 aromatic rings. The molecule has 0 fully saturated rings. The molecule has 4 heteroatoms. The lowest BCUT2D eigenvalue weighted by molar-refractivity contribution is 0.111. The summed E-state index contributed by atoms with van der Waals surface area (Å²) < 4.78 is 0. The van der Waals surface area contributed by atoms with Gasteiger partial charge in [0.2, 0.25) is 0 Å². The van der Waals surface area contributed by atoms with Crippen molar-refractivity contribution in [1.82, 2.24) is 15.2 Å². The summed E-state index contributed by atoms with van der Waals surface area (Å²) >= 11 is 0. The Morgan fingerprint density at radius 3 is 3.18 bits per heavy atom. The highest BCUT2D eigenvalue weighted by molar-refractivity contribution is 5.83. The molecule has 0 aliphatic heterocycles. The van der Waals surface area contributed by atoms with Crippen LogP contribution in [0.2, 0.25) is 0 Å². The van der Waals surface area contributed by atoms with Gasteiger partial charge in [-0.1, -0.05) is 0 Å². The van der Waals surface area contributed by atoms with Crippen molar-refractivity contribution in [1.29, 1.82) is 0 Å². The Balaban J connectivity index is 2.76. The quantitative estimate of drug-likeness (QED) is 0.606. The zero-order chi connectivity index (χ0) is 7.68. The Morgan fingerprint density at radius 1 is 1.45 bits per heavy atom. The molecule has 0 aliphatic rings. The van der Waals surface area contributed by atoms with Crippen LogP contribution in [0.1, 0.15) is 10.5 Å². The standard InChI is InChI=1S/C7H5N3O/c11-4-6-1-7-5(2-8-6)3-9-10-7/h1-4H,(H,9,10). The second-order valence-electron chi connectivity index (χ2n) is 2.18. The first kappa shape index (κ1) is 6.03. The number of rotatable bonds is 1. The van der Waals surface area contributed by atoms with Gasteiger partial charge >= 0.3 is 0 Å². The molecule has 2 aromatic heterocycles. The normalized spacial score (nSPS) is 10.2. The van der Waals surface area contributed by atoms with Crippen LogP contribution in [0.4, 0.5) is 0 Å². The summed E-state index contributed by atoms with van der Waals surface area (Å²) in [5, 5.41) is 7.45. The maximum Gasteiger partial charge on any atom is 0.168 e. The first-order valence-electron chi connectivity index (χ1n) is 3.14. The van der Waals surface area contributed by atoms with Gasteiger partial charge in [-0.25, -0.2) is 0 Å². The topological polar surface area (TPSA) is 58.6 Å². The molecule has 0 amide bonds. The molecule has 0 saturated carbocycles. The molecule has 0 radical (unpaired) electrons. The van der Waals surface area contributed by atoms with E-state index in [0.717, 1.165) is 10.9 Å². The molecular weight excluding hydrogens is 142 g/mol. The van der Waals surface area contributed by atoms with E-state index in [-0.39, 0.29) is 0 Å². The lowest BCUT2D eigenvalue weighted by Crippen LogP contribution is -1.84. The zero-order valence-corrected chi connectivity index (χ0v) is 5.61. The number of fused-ring (bicyclic) bond motifs is 1. The van der Waals surface area contributed by atoms with Gasteiger partial charge in [0, 0.05) is 11.6 Å². The fourth-order valence-corrected chi connectivity index (χ4v) is 0.918. The van der Waals surface area contributed by atoms with Crippen molar-refractivity contribution in [2.24, 2.45) is 0 Å². The van der Waals surface area contributed by atoms with Crippen molar-refractivity contribution in [2.75, 3.05) is 0 Å². The molecule has 4 nitrogen and oxygen atoms in total. The number of pyridine rings is 1. The summed E-state index contributed by atoms with van der Waals surface area (Å²) in [4.78, 5) is 14.1. The molecule has 2 heterocycles. The van der Waals surface area contributed by atoms with Gasteiger partial charge < -0.3 is 0 Å². The van der Waals surface area contributed by atoms with Gasteiger partial charge in [0.25, 0.3) is 0 Å². The van der Waals surface area contributed by atoms with E-state index < -0.39 is 0 Å². The number of carbonyl (C=O) groups excluding carboxylic acids is 1. The monoisotopic (exact) mass is 147 g/mol. The van der Waals surface area contributed by atoms with Crippen LogP contribution in [0.25, 0.3) is 10.9 Å². The Labute approximate surface area is 62.3 Å². The highest BCUT2D eigenvalue weighted by Gasteiger charge is 1.96. The van der Waals surface area contributed by atoms with Gasteiger partial charge in [-0.15, -0.1) is 0 Å². The average molecular weight is 147 g/mol. The fraction of sp³-hybridized carbons (Fsp3) is 0. The van der Waals surface area contributed by atoms with Crippen molar-refractivity contribution in [3.05, 3.63) is 24.2 Å². The van der Waals surface area contributed by atoms with E-state index in [4.69, 9.17) is 0 Å². The third-order valence-corrected chi connectivity index (χ3v) is 1.47. The van der Waals surface area contributed by atoms with Crippen LogP contribution in [0, 0.1) is 0 Å². The molecule has 0 saturated heterocycles. The van der Waals surface area contributed by atoms with Crippen molar-refractivity contribution in [3.63, 3.8) is 0 Å². The Hall–Kier alpha value is -1.71. The number of H-pyrrole nitrogens is 1. The molecular formula is C7H5N3O. The van der Waals surface area contributed by atoms with Crippen LogP contribution in [0.3, 0.4) is 0 Å². The molecule has 0 spiro atoms. The van der Waals surface area contributed by atoms with Gasteiger partial charge in [0.1, 0.15) is 5.69 Å². The van der Waals surface area contributed by atoms with Crippen LogP contribution in [-0.4, -0.2) is 21.5 Å². The van der Waals surface area contributed by atoms with E-state index in [1.807, 2.05) is 0 Å². The number of hydrogen-bond acceptors (Lipinski definition) is 3. The number of carbonyl (C=O) groups is 1. The van der Waals surface area contributed by atoms with E-state index >= 15 is 0 Å². The maximum absolute atomic E-state index is 10.3. The van der Waals surface area contributed by atoms with Crippen molar-refractivity contribution in [2.45, 2.75) is 0 Å². The maximum atomic E-state index is 10.3. The molecule has 11 heavy (non-hydrogen) atoms. The molecule has 0 atom stereocenters.